The van der Waals surface area contributed by atoms with E-state index < -0.39 is 35.3 Å². The van der Waals surface area contributed by atoms with Crippen LogP contribution in [0.15, 0.2) is 0 Å². The van der Waals surface area contributed by atoms with Gasteiger partial charge in [0.1, 0.15) is 0 Å². The van der Waals surface area contributed by atoms with E-state index in [2.05, 4.69) is 9.47 Å². The molecule has 10 heteroatoms. The first-order chi connectivity index (χ1) is 11.4. The third-order valence-electron chi connectivity index (χ3n) is 3.79. The normalized spacial score (nSPS) is 15.5. The van der Waals surface area contributed by atoms with Crippen molar-refractivity contribution >= 4 is 23.9 Å². The molecular weight excluding hydrogens is 326 g/mol. The van der Waals surface area contributed by atoms with Gasteiger partial charge in [-0.2, -0.15) is 0 Å². The first-order valence-electron chi connectivity index (χ1n) is 7.07. The van der Waals surface area contributed by atoms with Crippen LogP contribution in [0.25, 0.3) is 0 Å². The van der Waals surface area contributed by atoms with Crippen molar-refractivity contribution < 1.29 is 42.9 Å². The summed E-state index contributed by atoms with van der Waals surface area (Å²) in [6, 6.07) is 0. The van der Waals surface area contributed by atoms with Crippen LogP contribution in [-0.4, -0.2) is 89.1 Å². The molecule has 0 aromatic heterocycles. The predicted octanol–water partition coefficient (Wildman–Crippen LogP) is -1.63. The van der Waals surface area contributed by atoms with Crippen LogP contribution in [0.5, 0.6) is 0 Å². The van der Waals surface area contributed by atoms with Crippen LogP contribution in [0.2, 0.25) is 0 Å². The summed E-state index contributed by atoms with van der Waals surface area (Å²) in [6.07, 6.45) is 0. The molecule has 136 valence electrons. The molecule has 1 heterocycles. The van der Waals surface area contributed by atoms with E-state index >= 15 is 0 Å². The van der Waals surface area contributed by atoms with Crippen molar-refractivity contribution in [1.82, 2.24) is 4.90 Å². The van der Waals surface area contributed by atoms with E-state index in [0.717, 1.165) is 28.4 Å². The van der Waals surface area contributed by atoms with Crippen molar-refractivity contribution in [2.75, 3.05) is 54.7 Å². The number of carbonyl (C=O) groups is 4. The molecule has 10 nitrogen and oxygen atoms in total. The Morgan fingerprint density at radius 3 is 1.58 bits per heavy atom. The number of carbonyl (C=O) groups excluding carboxylic acids is 4. The van der Waals surface area contributed by atoms with Gasteiger partial charge in [-0.3, -0.25) is 14.5 Å². The van der Waals surface area contributed by atoms with Crippen molar-refractivity contribution in [3.8, 4) is 0 Å². The minimum absolute atomic E-state index is 0.0920. The maximum absolute atomic E-state index is 12.6. The number of hydrogen-bond donors (Lipinski definition) is 0. The van der Waals surface area contributed by atoms with E-state index in [1.165, 1.54) is 4.90 Å². The highest BCUT2D eigenvalue weighted by atomic mass is 16.6. The highest BCUT2D eigenvalue weighted by Gasteiger charge is 2.65. The average Bonchev–Trinajstić information content (AvgIpc) is 2.64. The van der Waals surface area contributed by atoms with E-state index in [-0.39, 0.29) is 26.3 Å². The Bertz CT molecular complexity index is 466. The summed E-state index contributed by atoms with van der Waals surface area (Å²) >= 11 is 0. The summed E-state index contributed by atoms with van der Waals surface area (Å²) in [4.78, 5) is 51.0. The van der Waals surface area contributed by atoms with E-state index in [0.29, 0.717) is 0 Å². The molecule has 1 aliphatic rings. The summed E-state index contributed by atoms with van der Waals surface area (Å²) in [5.74, 6) is -6.41. The van der Waals surface area contributed by atoms with Gasteiger partial charge in [-0.05, 0) is 0 Å². The average molecular weight is 347 g/mol. The number of esters is 4. The van der Waals surface area contributed by atoms with Crippen molar-refractivity contribution in [2.24, 2.45) is 5.92 Å². The molecule has 0 N–H and O–H groups in total. The van der Waals surface area contributed by atoms with Crippen LogP contribution in [0.4, 0.5) is 0 Å². The molecule has 1 rings (SSSR count). The Morgan fingerprint density at radius 1 is 0.833 bits per heavy atom. The summed E-state index contributed by atoms with van der Waals surface area (Å²) in [7, 11) is 4.12. The standard InChI is InChI=1S/C14H21NO9/c1-20-10(16)9(11(17)21-2)14(12(18)22-3,13(19)23-4)15-5-7-24-8-6-15/h9H,5-8H2,1-4H3. The number of ether oxygens (including phenoxy) is 5. The first-order valence-corrected chi connectivity index (χ1v) is 7.07. The fourth-order valence-corrected chi connectivity index (χ4v) is 2.66. The number of hydrogen-bond acceptors (Lipinski definition) is 10. The molecule has 0 spiro atoms. The first kappa shape index (κ1) is 19.8. The molecule has 0 saturated carbocycles. The maximum atomic E-state index is 12.6. The highest BCUT2D eigenvalue weighted by molar-refractivity contribution is 6.15. The number of nitrogens with zero attached hydrogens (tertiary/aromatic N) is 1. The molecule has 0 radical (unpaired) electrons. The van der Waals surface area contributed by atoms with Gasteiger partial charge in [-0.15, -0.1) is 0 Å². The molecule has 0 unspecified atom stereocenters. The van der Waals surface area contributed by atoms with Crippen molar-refractivity contribution in [1.29, 1.82) is 0 Å². The Balaban J connectivity index is 3.62. The molecule has 0 aromatic rings. The second kappa shape index (κ2) is 8.60. The van der Waals surface area contributed by atoms with Crippen LogP contribution in [0, 0.1) is 5.92 Å². The summed E-state index contributed by atoms with van der Waals surface area (Å²) in [5, 5.41) is 0. The van der Waals surface area contributed by atoms with Crippen LogP contribution in [-0.2, 0) is 42.9 Å². The molecule has 1 fully saturated rings. The van der Waals surface area contributed by atoms with Crippen molar-refractivity contribution in [3.63, 3.8) is 0 Å². The molecule has 0 bridgehead atoms. The lowest BCUT2D eigenvalue weighted by atomic mass is 9.81. The maximum Gasteiger partial charge on any atom is 0.339 e. The van der Waals surface area contributed by atoms with Gasteiger partial charge in [0.05, 0.1) is 41.7 Å². The monoisotopic (exact) mass is 347 g/mol. The Labute approximate surface area is 138 Å². The fourth-order valence-electron chi connectivity index (χ4n) is 2.66. The van der Waals surface area contributed by atoms with Crippen LogP contribution in [0.3, 0.4) is 0 Å². The van der Waals surface area contributed by atoms with Gasteiger partial charge in [0.25, 0.3) is 0 Å². The summed E-state index contributed by atoms with van der Waals surface area (Å²) in [6.45, 7) is 0.555. The topological polar surface area (TPSA) is 118 Å². The van der Waals surface area contributed by atoms with Gasteiger partial charge < -0.3 is 23.7 Å². The molecule has 1 saturated heterocycles. The Morgan fingerprint density at radius 2 is 1.25 bits per heavy atom. The predicted molar refractivity (Wildman–Crippen MR) is 76.7 cm³/mol. The third-order valence-corrected chi connectivity index (χ3v) is 3.79. The number of methoxy groups -OCH3 is 4. The van der Waals surface area contributed by atoms with Crippen molar-refractivity contribution in [3.05, 3.63) is 0 Å². The zero-order valence-electron chi connectivity index (χ0n) is 14.0. The molecule has 24 heavy (non-hydrogen) atoms. The van der Waals surface area contributed by atoms with E-state index in [1.807, 2.05) is 0 Å². The molecule has 0 aromatic carbocycles. The van der Waals surface area contributed by atoms with Crippen molar-refractivity contribution in [2.45, 2.75) is 5.54 Å². The molecular formula is C14H21NO9. The van der Waals surface area contributed by atoms with Crippen LogP contribution in [0.1, 0.15) is 0 Å². The number of morpholine rings is 1. The smallest absolute Gasteiger partial charge is 0.339 e. The van der Waals surface area contributed by atoms with E-state index in [9.17, 15) is 19.2 Å². The molecule has 1 aliphatic heterocycles. The van der Waals surface area contributed by atoms with Gasteiger partial charge >= 0.3 is 23.9 Å². The Hall–Kier alpha value is -2.20. The second-order valence-corrected chi connectivity index (χ2v) is 4.83. The zero-order valence-corrected chi connectivity index (χ0v) is 14.0. The minimum Gasteiger partial charge on any atom is -0.468 e. The lowest BCUT2D eigenvalue weighted by Crippen LogP contribution is -2.70. The van der Waals surface area contributed by atoms with E-state index in [1.54, 1.807) is 0 Å². The van der Waals surface area contributed by atoms with Gasteiger partial charge in [-0.1, -0.05) is 0 Å². The minimum atomic E-state index is -2.37. The SMILES string of the molecule is COC(=O)C(C(=O)OC)C(C(=O)OC)(C(=O)OC)N1CCOCC1. The lowest BCUT2D eigenvalue weighted by Gasteiger charge is -2.42. The van der Waals surface area contributed by atoms with Crippen LogP contribution >= 0.6 is 0 Å². The van der Waals surface area contributed by atoms with Crippen LogP contribution < -0.4 is 0 Å². The highest BCUT2D eigenvalue weighted by Crippen LogP contribution is 2.32. The summed E-state index contributed by atoms with van der Waals surface area (Å²) < 4.78 is 23.9. The lowest BCUT2D eigenvalue weighted by molar-refractivity contribution is -0.193. The van der Waals surface area contributed by atoms with Gasteiger partial charge in [0.2, 0.25) is 5.54 Å². The quantitative estimate of drug-likeness (QED) is 0.315. The summed E-state index contributed by atoms with van der Waals surface area (Å²) in [5.41, 5.74) is -2.37. The molecule has 0 amide bonds. The Kier molecular flexibility index (Phi) is 7.11. The fraction of sp³-hybridized carbons (Fsp3) is 0.714. The third kappa shape index (κ3) is 3.34. The second-order valence-electron chi connectivity index (χ2n) is 4.83. The molecule has 0 atom stereocenters. The van der Waals surface area contributed by atoms with Gasteiger partial charge in [0, 0.05) is 13.1 Å². The van der Waals surface area contributed by atoms with Gasteiger partial charge in [-0.25, -0.2) is 9.59 Å². The zero-order chi connectivity index (χ0) is 18.3. The van der Waals surface area contributed by atoms with E-state index in [4.69, 9.17) is 14.2 Å². The van der Waals surface area contributed by atoms with Gasteiger partial charge in [0.15, 0.2) is 5.92 Å². The molecule has 0 aliphatic carbocycles. The number of rotatable bonds is 6. The largest absolute Gasteiger partial charge is 0.468 e.